The number of nitrogens with one attached hydrogen (secondary N) is 1. The Morgan fingerprint density at radius 1 is 1.32 bits per heavy atom. The number of benzene rings is 1. The summed E-state index contributed by atoms with van der Waals surface area (Å²) in [4.78, 5) is 16.4. The molecular formula is C20H19N3O2. The number of anilines is 1. The maximum atomic E-state index is 12.3. The van der Waals surface area contributed by atoms with E-state index in [1.165, 1.54) is 17.8 Å². The number of fused-ring (bicyclic) bond motifs is 1. The highest BCUT2D eigenvalue weighted by Crippen LogP contribution is 2.31. The molecule has 3 rings (SSSR count). The maximum absolute atomic E-state index is 12.3. The molecule has 1 amide bonds. The molecule has 0 fully saturated rings. The summed E-state index contributed by atoms with van der Waals surface area (Å²) >= 11 is 0. The van der Waals surface area contributed by atoms with Gasteiger partial charge in [-0.2, -0.15) is 5.26 Å². The van der Waals surface area contributed by atoms with Gasteiger partial charge in [-0.25, -0.2) is 4.98 Å². The summed E-state index contributed by atoms with van der Waals surface area (Å²) in [6.45, 7) is 2.08. The van der Waals surface area contributed by atoms with Crippen LogP contribution in [0, 0.1) is 11.3 Å². The number of hydrogen-bond donors (Lipinski definition) is 2. The molecule has 0 saturated carbocycles. The molecule has 1 heterocycles. The summed E-state index contributed by atoms with van der Waals surface area (Å²) in [6.07, 6.45) is 4.25. The Morgan fingerprint density at radius 3 is 2.84 bits per heavy atom. The van der Waals surface area contributed by atoms with Crippen molar-refractivity contribution in [2.75, 3.05) is 11.9 Å². The predicted molar refractivity (Wildman–Crippen MR) is 96.0 cm³/mol. The first-order chi connectivity index (χ1) is 12.1. The van der Waals surface area contributed by atoms with Gasteiger partial charge in [-0.3, -0.25) is 4.79 Å². The monoisotopic (exact) mass is 333 g/mol. The zero-order chi connectivity index (χ0) is 17.8. The fraction of sp³-hybridized carbons (Fsp3) is 0.250. The summed E-state index contributed by atoms with van der Waals surface area (Å²) in [6, 6.07) is 10.9. The fourth-order valence-electron chi connectivity index (χ4n) is 3.08. The lowest BCUT2D eigenvalue weighted by molar-refractivity contribution is 0.102. The van der Waals surface area contributed by atoms with Crippen molar-refractivity contribution in [2.24, 2.45) is 0 Å². The molecule has 0 unspecified atom stereocenters. The van der Waals surface area contributed by atoms with Crippen LogP contribution in [0.15, 0.2) is 42.1 Å². The molecule has 0 bridgehead atoms. The minimum atomic E-state index is -0.318. The first-order valence-corrected chi connectivity index (χ1v) is 8.22. The van der Waals surface area contributed by atoms with E-state index in [2.05, 4.69) is 10.3 Å². The number of carbonyl (C=O) groups excluding carboxylic acids is 1. The second-order valence-electron chi connectivity index (χ2n) is 6.11. The van der Waals surface area contributed by atoms with E-state index in [4.69, 9.17) is 5.26 Å². The SMILES string of the molecule is CC1=C(CO)CCCc2ccc(NC(=O)c3ccc(C#N)cn3)cc21. The van der Waals surface area contributed by atoms with Gasteiger partial charge in [0.25, 0.3) is 5.91 Å². The Bertz CT molecular complexity index is 877. The van der Waals surface area contributed by atoms with E-state index in [0.717, 1.165) is 36.0 Å². The number of amides is 1. The van der Waals surface area contributed by atoms with Gasteiger partial charge in [0, 0.05) is 11.9 Å². The van der Waals surface area contributed by atoms with Crippen LogP contribution in [0.4, 0.5) is 5.69 Å². The van der Waals surface area contributed by atoms with Gasteiger partial charge in [0.05, 0.1) is 12.2 Å². The van der Waals surface area contributed by atoms with E-state index < -0.39 is 0 Å². The van der Waals surface area contributed by atoms with Crippen LogP contribution >= 0.6 is 0 Å². The van der Waals surface area contributed by atoms with Crippen molar-refractivity contribution in [1.29, 1.82) is 5.26 Å². The highest BCUT2D eigenvalue weighted by atomic mass is 16.3. The lowest BCUT2D eigenvalue weighted by atomic mass is 9.97. The smallest absolute Gasteiger partial charge is 0.274 e. The third kappa shape index (κ3) is 3.59. The number of nitriles is 1. The number of aliphatic hydroxyl groups is 1. The van der Waals surface area contributed by atoms with Gasteiger partial charge in [0.1, 0.15) is 11.8 Å². The van der Waals surface area contributed by atoms with Crippen molar-refractivity contribution in [1.82, 2.24) is 4.98 Å². The van der Waals surface area contributed by atoms with E-state index in [-0.39, 0.29) is 18.2 Å². The Morgan fingerprint density at radius 2 is 2.16 bits per heavy atom. The summed E-state index contributed by atoms with van der Waals surface area (Å²) < 4.78 is 0. The molecule has 126 valence electrons. The molecule has 0 saturated heterocycles. The first kappa shape index (κ1) is 16.9. The average Bonchev–Trinajstić information content (AvgIpc) is 2.80. The third-order valence-corrected chi connectivity index (χ3v) is 4.54. The molecule has 2 N–H and O–H groups in total. The van der Waals surface area contributed by atoms with E-state index >= 15 is 0 Å². The van der Waals surface area contributed by atoms with E-state index in [0.29, 0.717) is 11.3 Å². The molecule has 0 radical (unpaired) electrons. The summed E-state index contributed by atoms with van der Waals surface area (Å²) in [5.41, 5.74) is 5.81. The van der Waals surface area contributed by atoms with Gasteiger partial charge >= 0.3 is 0 Å². The molecule has 1 aromatic carbocycles. The van der Waals surface area contributed by atoms with Crippen molar-refractivity contribution in [3.63, 3.8) is 0 Å². The molecule has 5 heteroatoms. The molecule has 0 spiro atoms. The Labute approximate surface area is 146 Å². The molecule has 1 aromatic heterocycles. The molecule has 1 aliphatic carbocycles. The standard InChI is InChI=1S/C20H19N3O2/c1-13-16(12-24)4-2-3-15-6-7-17(9-18(13)15)23-20(25)19-8-5-14(10-21)11-22-19/h5-9,11,24H,2-4,12H2,1H3,(H,23,25). The number of rotatable bonds is 3. The molecule has 2 aromatic rings. The van der Waals surface area contributed by atoms with Gasteiger partial charge in [-0.15, -0.1) is 0 Å². The van der Waals surface area contributed by atoms with E-state index in [9.17, 15) is 9.90 Å². The van der Waals surface area contributed by atoms with Crippen LogP contribution in [0.5, 0.6) is 0 Å². The largest absolute Gasteiger partial charge is 0.392 e. The van der Waals surface area contributed by atoms with Crippen molar-refractivity contribution < 1.29 is 9.90 Å². The predicted octanol–water partition coefficient (Wildman–Crippen LogP) is 3.31. The molecule has 0 aliphatic heterocycles. The Balaban J connectivity index is 1.86. The summed E-state index contributed by atoms with van der Waals surface area (Å²) in [7, 11) is 0. The van der Waals surface area contributed by atoms with Gasteiger partial charge in [-0.1, -0.05) is 6.07 Å². The lowest BCUT2D eigenvalue weighted by Crippen LogP contribution is -2.14. The Kier molecular flexibility index (Phi) is 4.92. The number of carbonyl (C=O) groups is 1. The van der Waals surface area contributed by atoms with Crippen LogP contribution in [0.3, 0.4) is 0 Å². The van der Waals surface area contributed by atoms with Crippen LogP contribution in [0.1, 0.15) is 46.9 Å². The second-order valence-corrected chi connectivity index (χ2v) is 6.11. The number of aryl methyl sites for hydroxylation is 1. The number of hydrogen-bond acceptors (Lipinski definition) is 4. The molecule has 5 nitrogen and oxygen atoms in total. The molecule has 25 heavy (non-hydrogen) atoms. The van der Waals surface area contributed by atoms with E-state index in [1.807, 2.05) is 31.2 Å². The van der Waals surface area contributed by atoms with Gasteiger partial charge < -0.3 is 10.4 Å². The van der Waals surface area contributed by atoms with Crippen LogP contribution in [0.25, 0.3) is 5.57 Å². The average molecular weight is 333 g/mol. The van der Waals surface area contributed by atoms with Crippen LogP contribution in [-0.2, 0) is 6.42 Å². The molecule has 1 aliphatic rings. The molecule has 0 atom stereocenters. The zero-order valence-electron chi connectivity index (χ0n) is 14.0. The number of nitrogens with zero attached hydrogens (tertiary/aromatic N) is 2. The Hall–Kier alpha value is -2.97. The van der Waals surface area contributed by atoms with Crippen molar-refractivity contribution in [3.8, 4) is 6.07 Å². The first-order valence-electron chi connectivity index (χ1n) is 8.22. The summed E-state index contributed by atoms with van der Waals surface area (Å²) in [5.74, 6) is -0.318. The minimum absolute atomic E-state index is 0.0665. The molecular weight excluding hydrogens is 314 g/mol. The minimum Gasteiger partial charge on any atom is -0.392 e. The van der Waals surface area contributed by atoms with Crippen LogP contribution < -0.4 is 5.32 Å². The van der Waals surface area contributed by atoms with Crippen LogP contribution in [-0.4, -0.2) is 22.6 Å². The normalized spacial score (nSPS) is 13.6. The maximum Gasteiger partial charge on any atom is 0.274 e. The zero-order valence-corrected chi connectivity index (χ0v) is 14.0. The quantitative estimate of drug-likeness (QED) is 0.902. The lowest BCUT2D eigenvalue weighted by Gasteiger charge is -2.12. The van der Waals surface area contributed by atoms with Crippen molar-refractivity contribution in [2.45, 2.75) is 26.2 Å². The third-order valence-electron chi connectivity index (χ3n) is 4.54. The van der Waals surface area contributed by atoms with Crippen molar-refractivity contribution in [3.05, 3.63) is 64.5 Å². The number of pyridine rings is 1. The van der Waals surface area contributed by atoms with Gasteiger partial charge in [0.2, 0.25) is 0 Å². The number of aromatic nitrogens is 1. The topological polar surface area (TPSA) is 86.0 Å². The number of allylic oxidation sites excluding steroid dienone is 1. The fourth-order valence-corrected chi connectivity index (χ4v) is 3.08. The summed E-state index contributed by atoms with van der Waals surface area (Å²) in [5, 5.41) is 21.2. The van der Waals surface area contributed by atoms with E-state index in [1.54, 1.807) is 6.07 Å². The second kappa shape index (κ2) is 7.29. The number of aliphatic hydroxyl groups excluding tert-OH is 1. The highest BCUT2D eigenvalue weighted by Gasteiger charge is 2.15. The van der Waals surface area contributed by atoms with Gasteiger partial charge in [0.15, 0.2) is 0 Å². The van der Waals surface area contributed by atoms with Crippen molar-refractivity contribution >= 4 is 17.2 Å². The van der Waals surface area contributed by atoms with Gasteiger partial charge in [-0.05, 0) is 72.7 Å². The highest BCUT2D eigenvalue weighted by molar-refractivity contribution is 6.03. The van der Waals surface area contributed by atoms with Crippen LogP contribution in [0.2, 0.25) is 0 Å².